The van der Waals surface area contributed by atoms with Crippen LogP contribution in [-0.4, -0.2) is 25.7 Å². The fourth-order valence-electron chi connectivity index (χ4n) is 2.86. The number of benzene rings is 3. The fourth-order valence-corrected chi connectivity index (χ4v) is 2.86. The second-order valence-electron chi connectivity index (χ2n) is 6.82. The van der Waals surface area contributed by atoms with E-state index in [-0.39, 0.29) is 6.61 Å². The molecule has 0 spiro atoms. The Balaban J connectivity index is 1.66. The molecule has 0 saturated heterocycles. The summed E-state index contributed by atoms with van der Waals surface area (Å²) in [6, 6.07) is 25.9. The summed E-state index contributed by atoms with van der Waals surface area (Å²) in [4.78, 5) is 24.6. The van der Waals surface area contributed by atoms with Crippen LogP contribution in [0.5, 0.6) is 5.75 Å². The Morgan fingerprint density at radius 3 is 1.81 bits per heavy atom. The molecule has 0 saturated carbocycles. The fraction of sp³-hybridized carbons (Fsp3) is 0.111. The van der Waals surface area contributed by atoms with E-state index >= 15 is 0 Å². The van der Waals surface area contributed by atoms with Crippen LogP contribution in [0.25, 0.3) is 12.2 Å². The molecule has 3 aromatic rings. The molecule has 0 amide bonds. The highest BCUT2D eigenvalue weighted by Crippen LogP contribution is 2.22. The zero-order chi connectivity index (χ0) is 22.6. The van der Waals surface area contributed by atoms with Crippen molar-refractivity contribution >= 4 is 24.1 Å². The Morgan fingerprint density at radius 2 is 1.28 bits per heavy atom. The first kappa shape index (κ1) is 22.6. The number of hydrogen-bond donors (Lipinski definition) is 0. The Morgan fingerprint density at radius 1 is 0.750 bits per heavy atom. The van der Waals surface area contributed by atoms with Gasteiger partial charge in [-0.05, 0) is 41.0 Å². The summed E-state index contributed by atoms with van der Waals surface area (Å²) in [5.41, 5.74) is 2.45. The van der Waals surface area contributed by atoms with E-state index in [1.807, 2.05) is 60.7 Å². The second kappa shape index (κ2) is 11.9. The summed E-state index contributed by atoms with van der Waals surface area (Å²) in [6.07, 6.45) is 5.27. The molecule has 5 heteroatoms. The van der Waals surface area contributed by atoms with Crippen LogP contribution < -0.4 is 4.74 Å². The van der Waals surface area contributed by atoms with E-state index in [2.05, 4.69) is 0 Å². The molecular weight excluding hydrogens is 404 g/mol. The quantitative estimate of drug-likeness (QED) is 0.344. The molecule has 0 unspecified atom stereocenters. The number of carbonyl (C=O) groups is 2. The van der Waals surface area contributed by atoms with Crippen molar-refractivity contribution in [2.24, 2.45) is 0 Å². The van der Waals surface area contributed by atoms with E-state index < -0.39 is 18.0 Å². The number of ether oxygens (including phenoxy) is 3. The lowest BCUT2D eigenvalue weighted by Crippen LogP contribution is -2.17. The van der Waals surface area contributed by atoms with Gasteiger partial charge in [-0.2, -0.15) is 0 Å². The third kappa shape index (κ3) is 7.29. The molecule has 0 N–H and O–H groups in total. The van der Waals surface area contributed by atoms with Crippen LogP contribution in [-0.2, 0) is 19.1 Å². The highest BCUT2D eigenvalue weighted by molar-refractivity contribution is 5.88. The maximum Gasteiger partial charge on any atom is 0.331 e. The maximum absolute atomic E-state index is 12.4. The summed E-state index contributed by atoms with van der Waals surface area (Å²) in [6.45, 7) is -0.116. The SMILES string of the molecule is COc1ccc([C@H](COC(=O)/C=C/c2ccccc2)OC(=O)/C=C/c2ccccc2)cc1. The lowest BCUT2D eigenvalue weighted by molar-refractivity contribution is -0.153. The zero-order valence-corrected chi connectivity index (χ0v) is 17.7. The molecule has 3 rings (SSSR count). The number of esters is 2. The number of rotatable bonds is 9. The predicted molar refractivity (Wildman–Crippen MR) is 124 cm³/mol. The first-order valence-electron chi connectivity index (χ1n) is 10.1. The monoisotopic (exact) mass is 428 g/mol. The van der Waals surface area contributed by atoms with Crippen molar-refractivity contribution in [2.75, 3.05) is 13.7 Å². The number of methoxy groups -OCH3 is 1. The molecule has 1 atom stereocenters. The standard InChI is InChI=1S/C27H24O5/c1-30-24-16-14-23(15-17-24)25(32-27(29)19-13-22-10-6-3-7-11-22)20-31-26(28)18-12-21-8-4-2-5-9-21/h2-19,25H,20H2,1H3/b18-12+,19-13+/t25-/m0/s1. The van der Waals surface area contributed by atoms with E-state index in [1.54, 1.807) is 43.5 Å². The van der Waals surface area contributed by atoms with Crippen molar-refractivity contribution < 1.29 is 23.8 Å². The molecule has 0 bridgehead atoms. The highest BCUT2D eigenvalue weighted by atomic mass is 16.6. The van der Waals surface area contributed by atoms with Crippen LogP contribution in [0.4, 0.5) is 0 Å². The average molecular weight is 428 g/mol. The van der Waals surface area contributed by atoms with Crippen molar-refractivity contribution in [3.05, 3.63) is 114 Å². The molecule has 3 aromatic carbocycles. The first-order valence-corrected chi connectivity index (χ1v) is 10.1. The van der Waals surface area contributed by atoms with Gasteiger partial charge in [0.15, 0.2) is 6.10 Å². The highest BCUT2D eigenvalue weighted by Gasteiger charge is 2.18. The minimum atomic E-state index is -0.761. The van der Waals surface area contributed by atoms with E-state index in [1.165, 1.54) is 12.2 Å². The molecule has 5 nitrogen and oxygen atoms in total. The largest absolute Gasteiger partial charge is 0.497 e. The molecule has 0 radical (unpaired) electrons. The van der Waals surface area contributed by atoms with E-state index in [9.17, 15) is 9.59 Å². The Labute approximate surface area is 187 Å². The number of hydrogen-bond acceptors (Lipinski definition) is 5. The topological polar surface area (TPSA) is 61.8 Å². The zero-order valence-electron chi connectivity index (χ0n) is 17.7. The Kier molecular flexibility index (Phi) is 8.40. The second-order valence-corrected chi connectivity index (χ2v) is 6.82. The number of carbonyl (C=O) groups excluding carboxylic acids is 2. The molecule has 0 aromatic heterocycles. The van der Waals surface area contributed by atoms with E-state index in [0.29, 0.717) is 11.3 Å². The molecule has 32 heavy (non-hydrogen) atoms. The molecule has 0 aliphatic rings. The van der Waals surface area contributed by atoms with Crippen molar-refractivity contribution in [3.63, 3.8) is 0 Å². The summed E-state index contributed by atoms with van der Waals surface area (Å²) in [5.74, 6) is -0.389. The summed E-state index contributed by atoms with van der Waals surface area (Å²) in [7, 11) is 1.57. The average Bonchev–Trinajstić information content (AvgIpc) is 2.85. The van der Waals surface area contributed by atoms with Crippen molar-refractivity contribution in [1.29, 1.82) is 0 Å². The summed E-state index contributed by atoms with van der Waals surface area (Å²) < 4.78 is 16.1. The normalized spacial score (nSPS) is 11.9. The van der Waals surface area contributed by atoms with Crippen LogP contribution in [0, 0.1) is 0 Å². The summed E-state index contributed by atoms with van der Waals surface area (Å²) in [5, 5.41) is 0. The van der Waals surface area contributed by atoms with Gasteiger partial charge in [0.25, 0.3) is 0 Å². The van der Waals surface area contributed by atoms with Crippen LogP contribution in [0.1, 0.15) is 22.8 Å². The smallest absolute Gasteiger partial charge is 0.331 e. The van der Waals surface area contributed by atoms with Crippen molar-refractivity contribution in [2.45, 2.75) is 6.10 Å². The molecule has 0 fully saturated rings. The Hall–Kier alpha value is -4.12. The van der Waals surface area contributed by atoms with E-state index in [0.717, 1.165) is 11.1 Å². The van der Waals surface area contributed by atoms with Gasteiger partial charge in [-0.15, -0.1) is 0 Å². The van der Waals surface area contributed by atoms with Crippen LogP contribution in [0.3, 0.4) is 0 Å². The molecular formula is C27H24O5. The van der Waals surface area contributed by atoms with Gasteiger partial charge in [0.1, 0.15) is 12.4 Å². The van der Waals surface area contributed by atoms with Gasteiger partial charge in [0, 0.05) is 12.2 Å². The molecule has 0 heterocycles. The minimum Gasteiger partial charge on any atom is -0.497 e. The molecule has 0 aliphatic carbocycles. The van der Waals surface area contributed by atoms with Crippen LogP contribution in [0.2, 0.25) is 0 Å². The van der Waals surface area contributed by atoms with Gasteiger partial charge in [0.2, 0.25) is 0 Å². The molecule has 0 aliphatic heterocycles. The first-order chi connectivity index (χ1) is 15.6. The summed E-state index contributed by atoms with van der Waals surface area (Å²) >= 11 is 0. The minimum absolute atomic E-state index is 0.116. The van der Waals surface area contributed by atoms with Gasteiger partial charge in [-0.3, -0.25) is 0 Å². The van der Waals surface area contributed by atoms with Crippen LogP contribution in [0.15, 0.2) is 97.1 Å². The third-order valence-electron chi connectivity index (χ3n) is 4.55. The third-order valence-corrected chi connectivity index (χ3v) is 4.55. The van der Waals surface area contributed by atoms with Gasteiger partial charge in [-0.25, -0.2) is 9.59 Å². The Bertz CT molecular complexity index is 1050. The van der Waals surface area contributed by atoms with Gasteiger partial charge in [-0.1, -0.05) is 72.8 Å². The van der Waals surface area contributed by atoms with Gasteiger partial charge < -0.3 is 14.2 Å². The van der Waals surface area contributed by atoms with Crippen molar-refractivity contribution in [3.8, 4) is 5.75 Å². The van der Waals surface area contributed by atoms with Gasteiger partial charge in [0.05, 0.1) is 7.11 Å². The predicted octanol–water partition coefficient (Wildman–Crippen LogP) is 5.25. The van der Waals surface area contributed by atoms with E-state index in [4.69, 9.17) is 14.2 Å². The molecule has 162 valence electrons. The lowest BCUT2D eigenvalue weighted by Gasteiger charge is -2.17. The lowest BCUT2D eigenvalue weighted by atomic mass is 10.1. The maximum atomic E-state index is 12.4. The van der Waals surface area contributed by atoms with Gasteiger partial charge >= 0.3 is 11.9 Å². The van der Waals surface area contributed by atoms with Crippen molar-refractivity contribution in [1.82, 2.24) is 0 Å². The van der Waals surface area contributed by atoms with Crippen LogP contribution >= 0.6 is 0 Å².